The van der Waals surface area contributed by atoms with E-state index in [0.717, 1.165) is 38.0 Å². The van der Waals surface area contributed by atoms with Gasteiger partial charge in [0.25, 0.3) is 6.47 Å². The summed E-state index contributed by atoms with van der Waals surface area (Å²) in [5.41, 5.74) is 4.56. The third-order valence-electron chi connectivity index (χ3n) is 5.90. The maximum atomic E-state index is 12.5. The van der Waals surface area contributed by atoms with Crippen molar-refractivity contribution in [1.82, 2.24) is 14.8 Å². The van der Waals surface area contributed by atoms with Crippen LogP contribution in [0.25, 0.3) is 0 Å². The number of amides is 1. The lowest BCUT2D eigenvalue weighted by Gasteiger charge is -2.41. The van der Waals surface area contributed by atoms with Gasteiger partial charge in [-0.3, -0.25) is 14.7 Å². The molecule has 2 heterocycles. The minimum absolute atomic E-state index is 0.0783. The number of carbonyl (C=O) groups is 2. The minimum atomic E-state index is -0.477. The number of aromatic nitrogens is 1. The highest BCUT2D eigenvalue weighted by Gasteiger charge is 2.33. The highest BCUT2D eigenvalue weighted by molar-refractivity contribution is 6.30. The first-order valence-electron chi connectivity index (χ1n) is 11.6. The summed E-state index contributed by atoms with van der Waals surface area (Å²) in [6, 6.07) is 10.8. The van der Waals surface area contributed by atoms with E-state index in [9.17, 15) is 4.79 Å². The zero-order chi connectivity index (χ0) is 24.7. The van der Waals surface area contributed by atoms with Gasteiger partial charge < -0.3 is 14.4 Å². The van der Waals surface area contributed by atoms with Crippen molar-refractivity contribution < 1.29 is 19.1 Å². The van der Waals surface area contributed by atoms with E-state index in [1.54, 1.807) is 6.20 Å². The van der Waals surface area contributed by atoms with E-state index in [2.05, 4.69) is 40.0 Å². The number of carbonyl (C=O) groups excluding carboxylic acids is 2. The smallest absolute Gasteiger partial charge is 0.410 e. The molecule has 1 amide bonds. The predicted octanol–water partition coefficient (Wildman–Crippen LogP) is 4.66. The molecule has 2 aromatic rings. The predicted molar refractivity (Wildman–Crippen MR) is 132 cm³/mol. The fraction of sp³-hybridized carbons (Fsp3) is 0.500. The van der Waals surface area contributed by atoms with Gasteiger partial charge in [-0.2, -0.15) is 0 Å². The Balaban J connectivity index is 0.000000751. The Morgan fingerprint density at radius 3 is 2.41 bits per heavy atom. The molecule has 1 aliphatic heterocycles. The number of halogens is 1. The topological polar surface area (TPSA) is 72.0 Å². The van der Waals surface area contributed by atoms with Gasteiger partial charge in [-0.1, -0.05) is 35.9 Å². The summed E-state index contributed by atoms with van der Waals surface area (Å²) in [6.45, 7) is 8.94. The van der Waals surface area contributed by atoms with Crippen LogP contribution in [0.5, 0.6) is 0 Å². The molecule has 34 heavy (non-hydrogen) atoms. The van der Waals surface area contributed by atoms with Crippen molar-refractivity contribution in [2.24, 2.45) is 0 Å². The fourth-order valence-corrected chi connectivity index (χ4v) is 4.62. The van der Waals surface area contributed by atoms with Crippen LogP contribution in [0.1, 0.15) is 55.6 Å². The zero-order valence-electron chi connectivity index (χ0n) is 20.4. The van der Waals surface area contributed by atoms with Gasteiger partial charge >= 0.3 is 6.09 Å². The second-order valence-electron chi connectivity index (χ2n) is 9.49. The van der Waals surface area contributed by atoms with Gasteiger partial charge in [0.1, 0.15) is 5.60 Å². The molecule has 1 aliphatic carbocycles. The lowest BCUT2D eigenvalue weighted by molar-refractivity contribution is -0.126. The van der Waals surface area contributed by atoms with Gasteiger partial charge in [0, 0.05) is 32.4 Å². The standard InChI is InChI=1S/C24H30ClN3O2.C2H4O2/c1-24(2,3)30-23(29)28-13-11-27(12-14-28)22-20-10-5-4-7-17(20)8-6-9-18-15-19(25)16-26-21(18)22;1-4-2-3/h4-5,7,10,15-16,22H,6,8-9,11-14H2,1-3H3;2H,1H3. The monoisotopic (exact) mass is 487 g/mol. The van der Waals surface area contributed by atoms with Crippen molar-refractivity contribution in [3.05, 3.63) is 63.9 Å². The van der Waals surface area contributed by atoms with Crippen LogP contribution < -0.4 is 0 Å². The first-order chi connectivity index (χ1) is 16.2. The highest BCUT2D eigenvalue weighted by Crippen LogP contribution is 2.36. The molecule has 1 aromatic carbocycles. The van der Waals surface area contributed by atoms with Crippen molar-refractivity contribution in [3.8, 4) is 0 Å². The van der Waals surface area contributed by atoms with Crippen molar-refractivity contribution in [1.29, 1.82) is 0 Å². The van der Waals surface area contributed by atoms with Crippen LogP contribution in [0, 0.1) is 0 Å². The highest BCUT2D eigenvalue weighted by atomic mass is 35.5. The molecule has 2 aliphatic rings. The molecule has 1 atom stereocenters. The summed E-state index contributed by atoms with van der Waals surface area (Å²) in [5.74, 6) is 0. The number of benzene rings is 1. The molecule has 1 aromatic heterocycles. The summed E-state index contributed by atoms with van der Waals surface area (Å²) in [5, 5.41) is 0.691. The molecule has 0 radical (unpaired) electrons. The Morgan fingerprint density at radius 2 is 1.76 bits per heavy atom. The van der Waals surface area contributed by atoms with Gasteiger partial charge in [0.05, 0.1) is 23.9 Å². The lowest BCUT2D eigenvalue weighted by atomic mass is 9.87. The third-order valence-corrected chi connectivity index (χ3v) is 6.10. The largest absolute Gasteiger partial charge is 0.471 e. The molecule has 8 heteroatoms. The Bertz CT molecular complexity index is 984. The van der Waals surface area contributed by atoms with Crippen LogP contribution in [0.15, 0.2) is 36.5 Å². The van der Waals surface area contributed by atoms with E-state index >= 15 is 0 Å². The number of hydrogen-bond acceptors (Lipinski definition) is 6. The summed E-state index contributed by atoms with van der Waals surface area (Å²) < 4.78 is 9.42. The minimum Gasteiger partial charge on any atom is -0.471 e. The Labute approximate surface area is 207 Å². The summed E-state index contributed by atoms with van der Waals surface area (Å²) in [6.07, 6.45) is 4.65. The van der Waals surface area contributed by atoms with E-state index in [1.165, 1.54) is 23.8 Å². The number of ether oxygens (including phenoxy) is 2. The molecular weight excluding hydrogens is 454 g/mol. The van der Waals surface area contributed by atoms with Crippen LogP contribution in [0.4, 0.5) is 4.79 Å². The Hall–Kier alpha value is -2.64. The van der Waals surface area contributed by atoms with E-state index < -0.39 is 5.60 Å². The number of aryl methyl sites for hydroxylation is 2. The number of piperazine rings is 1. The van der Waals surface area contributed by atoms with Crippen molar-refractivity contribution in [2.45, 2.75) is 51.7 Å². The number of methoxy groups -OCH3 is 1. The first kappa shape index (κ1) is 26.0. The fourth-order valence-electron chi connectivity index (χ4n) is 4.44. The van der Waals surface area contributed by atoms with E-state index in [4.69, 9.17) is 26.1 Å². The summed E-state index contributed by atoms with van der Waals surface area (Å²) in [4.78, 5) is 30.5. The molecule has 4 rings (SSSR count). The average molecular weight is 488 g/mol. The normalized spacial score (nSPS) is 18.3. The summed E-state index contributed by atoms with van der Waals surface area (Å²) in [7, 11) is 1.31. The van der Waals surface area contributed by atoms with Crippen LogP contribution in [0.3, 0.4) is 0 Å². The van der Waals surface area contributed by atoms with Gasteiger partial charge in [-0.15, -0.1) is 0 Å². The Kier molecular flexibility index (Phi) is 8.91. The molecule has 1 fully saturated rings. The second kappa shape index (κ2) is 11.7. The molecule has 184 valence electrons. The number of rotatable bonds is 2. The van der Waals surface area contributed by atoms with Gasteiger partial charge in [-0.05, 0) is 62.8 Å². The maximum absolute atomic E-state index is 12.5. The quantitative estimate of drug-likeness (QED) is 0.574. The van der Waals surface area contributed by atoms with Crippen LogP contribution in [0.2, 0.25) is 5.02 Å². The molecule has 7 nitrogen and oxygen atoms in total. The molecule has 1 saturated heterocycles. The van der Waals surface area contributed by atoms with Gasteiger partial charge in [-0.25, -0.2) is 4.79 Å². The molecule has 0 spiro atoms. The molecule has 0 N–H and O–H groups in total. The molecule has 0 saturated carbocycles. The Morgan fingerprint density at radius 1 is 1.12 bits per heavy atom. The maximum Gasteiger partial charge on any atom is 0.410 e. The number of hydrogen-bond donors (Lipinski definition) is 0. The zero-order valence-corrected chi connectivity index (χ0v) is 21.2. The van der Waals surface area contributed by atoms with Gasteiger partial charge in [0.2, 0.25) is 0 Å². The second-order valence-corrected chi connectivity index (χ2v) is 9.92. The van der Waals surface area contributed by atoms with E-state index in [0.29, 0.717) is 24.6 Å². The van der Waals surface area contributed by atoms with Gasteiger partial charge in [0.15, 0.2) is 0 Å². The van der Waals surface area contributed by atoms with Crippen molar-refractivity contribution in [3.63, 3.8) is 0 Å². The lowest BCUT2D eigenvalue weighted by Crippen LogP contribution is -2.51. The van der Waals surface area contributed by atoms with E-state index in [1.807, 2.05) is 25.7 Å². The average Bonchev–Trinajstić information content (AvgIpc) is 2.79. The van der Waals surface area contributed by atoms with Crippen molar-refractivity contribution >= 4 is 24.2 Å². The molecule has 0 bridgehead atoms. The van der Waals surface area contributed by atoms with Crippen LogP contribution >= 0.6 is 11.6 Å². The number of nitrogens with zero attached hydrogens (tertiary/aromatic N) is 3. The molecular formula is C26H34ClN3O4. The number of pyridine rings is 1. The molecule has 1 unspecified atom stereocenters. The summed E-state index contributed by atoms with van der Waals surface area (Å²) >= 11 is 6.28. The van der Waals surface area contributed by atoms with Crippen LogP contribution in [-0.4, -0.2) is 66.2 Å². The third kappa shape index (κ3) is 6.70. The van der Waals surface area contributed by atoms with Crippen LogP contribution in [-0.2, 0) is 27.1 Å². The SMILES string of the molecule is CC(C)(C)OC(=O)N1CCN(C2c3ccccc3CCCc3cc(Cl)cnc32)CC1.COC=O. The van der Waals surface area contributed by atoms with E-state index in [-0.39, 0.29) is 12.1 Å². The van der Waals surface area contributed by atoms with Crippen molar-refractivity contribution in [2.75, 3.05) is 33.3 Å². The first-order valence-corrected chi connectivity index (χ1v) is 12.0. The number of fused-ring (bicyclic) bond motifs is 2.